The Kier molecular flexibility index (Phi) is 6.70. The topological polar surface area (TPSA) is 71.4 Å². The lowest BCUT2D eigenvalue weighted by Crippen LogP contribution is -2.53. The number of thiophene rings is 1. The van der Waals surface area contributed by atoms with E-state index in [1.54, 1.807) is 23.3 Å². The van der Waals surface area contributed by atoms with Crippen LogP contribution in [0, 0.1) is 0 Å². The van der Waals surface area contributed by atoms with Crippen LogP contribution in [0.4, 0.5) is 5.00 Å². The molecule has 1 aromatic carbocycles. The number of benzene rings is 1. The van der Waals surface area contributed by atoms with Crippen LogP contribution in [-0.2, 0) is 27.2 Å². The molecule has 180 valence electrons. The molecule has 2 aliphatic heterocycles. The third kappa shape index (κ3) is 4.14. The number of anilines is 1. The van der Waals surface area contributed by atoms with E-state index < -0.39 is 6.04 Å². The third-order valence-corrected chi connectivity index (χ3v) is 8.21. The van der Waals surface area contributed by atoms with Gasteiger partial charge in [-0.2, -0.15) is 0 Å². The van der Waals surface area contributed by atoms with E-state index in [0.29, 0.717) is 32.7 Å². The van der Waals surface area contributed by atoms with Crippen LogP contribution in [0.3, 0.4) is 0 Å². The first kappa shape index (κ1) is 23.1. The molecule has 1 aromatic heterocycles. The Labute approximate surface area is 204 Å². The van der Waals surface area contributed by atoms with E-state index in [2.05, 4.69) is 0 Å². The fraction of sp³-hybridized carbons (Fsp3) is 0.500. The van der Waals surface area contributed by atoms with Crippen molar-refractivity contribution < 1.29 is 19.1 Å². The molecule has 1 atom stereocenters. The molecule has 1 fully saturated rings. The summed E-state index contributed by atoms with van der Waals surface area (Å²) in [6, 6.07) is 7.33. The van der Waals surface area contributed by atoms with Crippen LogP contribution in [0.1, 0.15) is 47.8 Å². The zero-order chi connectivity index (χ0) is 23.7. The average Bonchev–Trinajstić information content (AvgIpc) is 3.19. The molecule has 1 aliphatic carbocycles. The largest absolute Gasteiger partial charge is 0.497 e. The van der Waals surface area contributed by atoms with E-state index in [1.807, 2.05) is 36.1 Å². The smallest absolute Gasteiger partial charge is 0.250 e. The molecule has 5 rings (SSSR count). The minimum atomic E-state index is -0.533. The van der Waals surface area contributed by atoms with Crippen molar-refractivity contribution in [3.05, 3.63) is 45.8 Å². The Morgan fingerprint density at radius 2 is 1.91 bits per heavy atom. The summed E-state index contributed by atoms with van der Waals surface area (Å²) in [5.74, 6) is 0.673. The van der Waals surface area contributed by atoms with Gasteiger partial charge in [0.2, 0.25) is 11.8 Å². The SMILES string of the molecule is CCC(C(=O)N1CCOCC1)N1C(=O)CN=C(c2ccc(OC)cc2)c2c1sc1c2CCCC1. The van der Waals surface area contributed by atoms with Crippen LogP contribution in [0.2, 0.25) is 0 Å². The van der Waals surface area contributed by atoms with Gasteiger partial charge < -0.3 is 14.4 Å². The van der Waals surface area contributed by atoms with Gasteiger partial charge in [0.25, 0.3) is 0 Å². The van der Waals surface area contributed by atoms with Gasteiger partial charge >= 0.3 is 0 Å². The van der Waals surface area contributed by atoms with E-state index in [0.717, 1.165) is 53.3 Å². The lowest BCUT2D eigenvalue weighted by Gasteiger charge is -2.35. The van der Waals surface area contributed by atoms with Crippen molar-refractivity contribution in [2.45, 2.75) is 45.1 Å². The number of ether oxygens (including phenoxy) is 2. The fourth-order valence-electron chi connectivity index (χ4n) is 5.14. The Balaban J connectivity index is 1.61. The minimum Gasteiger partial charge on any atom is -0.497 e. The number of carbonyl (C=O) groups is 2. The second-order valence-corrected chi connectivity index (χ2v) is 9.99. The zero-order valence-corrected chi connectivity index (χ0v) is 20.7. The summed E-state index contributed by atoms with van der Waals surface area (Å²) >= 11 is 1.68. The Hall–Kier alpha value is -2.71. The molecule has 0 saturated carbocycles. The second kappa shape index (κ2) is 9.88. The van der Waals surface area contributed by atoms with Gasteiger partial charge in [-0.15, -0.1) is 11.3 Å². The Bertz CT molecular complexity index is 1100. The molecule has 0 radical (unpaired) electrons. The molecule has 8 heteroatoms. The van der Waals surface area contributed by atoms with Crippen LogP contribution >= 0.6 is 11.3 Å². The summed E-state index contributed by atoms with van der Waals surface area (Å²) in [7, 11) is 1.65. The number of morpholine rings is 1. The number of nitrogens with zero attached hydrogens (tertiary/aromatic N) is 3. The first-order valence-electron chi connectivity index (χ1n) is 12.1. The van der Waals surface area contributed by atoms with Crippen LogP contribution in [-0.4, -0.2) is 68.4 Å². The quantitative estimate of drug-likeness (QED) is 0.656. The van der Waals surface area contributed by atoms with Gasteiger partial charge in [0.05, 0.1) is 26.0 Å². The average molecular weight is 482 g/mol. The van der Waals surface area contributed by atoms with Crippen molar-refractivity contribution in [3.63, 3.8) is 0 Å². The molecule has 7 nitrogen and oxygen atoms in total. The van der Waals surface area contributed by atoms with Gasteiger partial charge in [-0.05, 0) is 61.9 Å². The van der Waals surface area contributed by atoms with E-state index in [1.165, 1.54) is 10.4 Å². The molecule has 0 N–H and O–H groups in total. The summed E-state index contributed by atoms with van der Waals surface area (Å²) in [6.45, 7) is 4.24. The number of carbonyl (C=O) groups excluding carboxylic acids is 2. The van der Waals surface area contributed by atoms with Gasteiger partial charge in [0, 0.05) is 29.1 Å². The second-order valence-electron chi connectivity index (χ2n) is 8.91. The maximum Gasteiger partial charge on any atom is 0.250 e. The molecule has 2 amide bonds. The number of fused-ring (bicyclic) bond motifs is 3. The molecule has 0 bridgehead atoms. The van der Waals surface area contributed by atoms with Crippen LogP contribution in [0.15, 0.2) is 29.3 Å². The highest BCUT2D eigenvalue weighted by Crippen LogP contribution is 2.44. The Morgan fingerprint density at radius 1 is 1.18 bits per heavy atom. The molecule has 3 aliphatic rings. The van der Waals surface area contributed by atoms with Crippen molar-refractivity contribution in [1.29, 1.82) is 0 Å². The number of hydrogen-bond donors (Lipinski definition) is 0. The molecular formula is C26H31N3O4S. The molecule has 1 saturated heterocycles. The number of amides is 2. The summed E-state index contributed by atoms with van der Waals surface area (Å²) < 4.78 is 10.8. The monoisotopic (exact) mass is 481 g/mol. The van der Waals surface area contributed by atoms with Gasteiger partial charge in [-0.3, -0.25) is 19.5 Å². The van der Waals surface area contributed by atoms with Crippen LogP contribution in [0.5, 0.6) is 5.75 Å². The van der Waals surface area contributed by atoms with Crippen LogP contribution in [0.25, 0.3) is 0 Å². The predicted octanol–water partition coefficient (Wildman–Crippen LogP) is 3.46. The number of aliphatic imine (C=N–C) groups is 1. The van der Waals surface area contributed by atoms with E-state index in [-0.39, 0.29) is 18.4 Å². The summed E-state index contributed by atoms with van der Waals surface area (Å²) in [4.78, 5) is 36.9. The number of methoxy groups -OCH3 is 1. The molecule has 2 aromatic rings. The Morgan fingerprint density at radius 3 is 2.62 bits per heavy atom. The van der Waals surface area contributed by atoms with Crippen molar-refractivity contribution in [3.8, 4) is 5.75 Å². The van der Waals surface area contributed by atoms with Gasteiger partial charge in [0.15, 0.2) is 0 Å². The fourth-order valence-corrected chi connectivity index (χ4v) is 6.60. The van der Waals surface area contributed by atoms with E-state index in [9.17, 15) is 9.59 Å². The maximum atomic E-state index is 13.6. The number of aryl methyl sites for hydroxylation is 1. The predicted molar refractivity (Wildman–Crippen MR) is 133 cm³/mol. The normalized spacial score (nSPS) is 19.1. The first-order chi connectivity index (χ1) is 16.6. The highest BCUT2D eigenvalue weighted by molar-refractivity contribution is 7.17. The number of hydrogen-bond acceptors (Lipinski definition) is 6. The van der Waals surface area contributed by atoms with Gasteiger partial charge in [-0.25, -0.2) is 0 Å². The van der Waals surface area contributed by atoms with Crippen molar-refractivity contribution in [1.82, 2.24) is 4.90 Å². The van der Waals surface area contributed by atoms with Gasteiger partial charge in [-0.1, -0.05) is 6.92 Å². The molecule has 1 unspecified atom stereocenters. The lowest BCUT2D eigenvalue weighted by atomic mass is 9.91. The molecule has 0 spiro atoms. The highest BCUT2D eigenvalue weighted by atomic mass is 32.1. The van der Waals surface area contributed by atoms with E-state index in [4.69, 9.17) is 14.5 Å². The third-order valence-electron chi connectivity index (χ3n) is 6.92. The minimum absolute atomic E-state index is 0.00405. The van der Waals surface area contributed by atoms with Gasteiger partial charge in [0.1, 0.15) is 23.3 Å². The maximum absolute atomic E-state index is 13.6. The summed E-state index contributed by atoms with van der Waals surface area (Å²) in [5, 5.41) is 0.887. The first-order valence-corrected chi connectivity index (χ1v) is 13.0. The summed E-state index contributed by atoms with van der Waals surface area (Å²) in [6.07, 6.45) is 4.83. The van der Waals surface area contributed by atoms with Crippen molar-refractivity contribution >= 4 is 33.9 Å². The van der Waals surface area contributed by atoms with Crippen LogP contribution < -0.4 is 9.64 Å². The molecule has 34 heavy (non-hydrogen) atoms. The summed E-state index contributed by atoms with van der Waals surface area (Å²) in [5.41, 5.74) is 4.16. The highest BCUT2D eigenvalue weighted by Gasteiger charge is 2.39. The van der Waals surface area contributed by atoms with Crippen molar-refractivity contribution in [2.24, 2.45) is 4.99 Å². The standard InChI is InChI=1S/C26H31N3O4S/c1-3-20(25(31)28-12-14-33-15-13-28)29-22(30)16-27-24(17-8-10-18(32-2)11-9-17)23-19-6-4-5-7-21(19)34-26(23)29/h8-11,20H,3-7,12-16H2,1-2H3. The number of rotatable bonds is 5. The molecular weight excluding hydrogens is 450 g/mol. The van der Waals surface area contributed by atoms with Crippen molar-refractivity contribution in [2.75, 3.05) is 44.9 Å². The lowest BCUT2D eigenvalue weighted by molar-refractivity contribution is -0.138. The van der Waals surface area contributed by atoms with E-state index >= 15 is 0 Å². The zero-order valence-electron chi connectivity index (χ0n) is 19.8. The molecule has 3 heterocycles.